The molecule has 1 aromatic rings. The van der Waals surface area contributed by atoms with Crippen LogP contribution < -0.4 is 10.1 Å². The van der Waals surface area contributed by atoms with Crippen molar-refractivity contribution in [3.05, 3.63) is 29.8 Å². The highest BCUT2D eigenvalue weighted by molar-refractivity contribution is 5.27. The lowest BCUT2D eigenvalue weighted by atomic mass is 10.00. The van der Waals surface area contributed by atoms with Crippen molar-refractivity contribution >= 4 is 0 Å². The summed E-state index contributed by atoms with van der Waals surface area (Å²) in [5, 5.41) is 2.97. The molecule has 114 valence electrons. The van der Waals surface area contributed by atoms with Crippen LogP contribution in [0.4, 0.5) is 13.2 Å². The molecule has 0 amide bonds. The van der Waals surface area contributed by atoms with Crippen LogP contribution in [0.15, 0.2) is 24.3 Å². The Morgan fingerprint density at radius 3 is 2.35 bits per heavy atom. The zero-order valence-corrected chi connectivity index (χ0v) is 11.7. The quantitative estimate of drug-likeness (QED) is 0.799. The normalized spacial score (nSPS) is 13.2. The fourth-order valence-electron chi connectivity index (χ4n) is 1.91. The van der Waals surface area contributed by atoms with E-state index in [1.807, 2.05) is 24.3 Å². The predicted octanol–water partition coefficient (Wildman–Crippen LogP) is 2.65. The van der Waals surface area contributed by atoms with Crippen LogP contribution in [-0.4, -0.2) is 40.1 Å². The van der Waals surface area contributed by atoms with Gasteiger partial charge < -0.3 is 14.8 Å². The number of rotatable bonds is 8. The number of ether oxygens (including phenoxy) is 2. The summed E-state index contributed by atoms with van der Waals surface area (Å²) in [6.07, 6.45) is -3.62. The summed E-state index contributed by atoms with van der Waals surface area (Å²) < 4.78 is 45.9. The molecule has 0 aliphatic carbocycles. The van der Waals surface area contributed by atoms with E-state index in [2.05, 4.69) is 5.32 Å². The minimum absolute atomic E-state index is 0.00394. The van der Waals surface area contributed by atoms with Crippen LogP contribution in [0.1, 0.15) is 5.56 Å². The van der Waals surface area contributed by atoms with E-state index in [0.717, 1.165) is 11.3 Å². The zero-order valence-electron chi connectivity index (χ0n) is 11.7. The Morgan fingerprint density at radius 1 is 1.20 bits per heavy atom. The molecule has 6 heteroatoms. The van der Waals surface area contributed by atoms with Crippen molar-refractivity contribution < 1.29 is 22.6 Å². The van der Waals surface area contributed by atoms with Crippen molar-refractivity contribution in [3.63, 3.8) is 0 Å². The predicted molar refractivity (Wildman–Crippen MR) is 71.0 cm³/mol. The number of benzene rings is 1. The van der Waals surface area contributed by atoms with Crippen molar-refractivity contribution in [3.8, 4) is 5.75 Å². The SMILES string of the molecule is CNCC(COCC(F)(F)F)Cc1ccc(OC)cc1. The lowest BCUT2D eigenvalue weighted by molar-refractivity contribution is -0.176. The molecule has 0 radical (unpaired) electrons. The Bertz CT molecular complexity index is 379. The number of halogens is 3. The highest BCUT2D eigenvalue weighted by Crippen LogP contribution is 2.17. The summed E-state index contributed by atoms with van der Waals surface area (Å²) in [6, 6.07) is 7.49. The third-order valence-electron chi connectivity index (χ3n) is 2.80. The fourth-order valence-corrected chi connectivity index (χ4v) is 1.91. The van der Waals surface area contributed by atoms with Gasteiger partial charge in [-0.25, -0.2) is 0 Å². The fraction of sp³-hybridized carbons (Fsp3) is 0.571. The van der Waals surface area contributed by atoms with Crippen molar-refractivity contribution in [1.29, 1.82) is 0 Å². The van der Waals surface area contributed by atoms with Gasteiger partial charge in [-0.1, -0.05) is 12.1 Å². The number of hydrogen-bond donors (Lipinski definition) is 1. The molecule has 1 aromatic carbocycles. The van der Waals surface area contributed by atoms with Crippen molar-refractivity contribution in [2.75, 3.05) is 33.9 Å². The molecule has 1 N–H and O–H groups in total. The number of methoxy groups -OCH3 is 1. The van der Waals surface area contributed by atoms with Gasteiger partial charge in [0, 0.05) is 6.54 Å². The monoisotopic (exact) mass is 291 g/mol. The van der Waals surface area contributed by atoms with Crippen LogP contribution in [0.25, 0.3) is 0 Å². The van der Waals surface area contributed by atoms with Gasteiger partial charge in [0.05, 0.1) is 13.7 Å². The maximum absolute atomic E-state index is 12.0. The third kappa shape index (κ3) is 6.77. The van der Waals surface area contributed by atoms with Crippen LogP contribution in [0.2, 0.25) is 0 Å². The lowest BCUT2D eigenvalue weighted by Crippen LogP contribution is -2.27. The van der Waals surface area contributed by atoms with E-state index >= 15 is 0 Å². The first-order chi connectivity index (χ1) is 9.44. The van der Waals surface area contributed by atoms with E-state index in [-0.39, 0.29) is 12.5 Å². The van der Waals surface area contributed by atoms with E-state index < -0.39 is 12.8 Å². The van der Waals surface area contributed by atoms with Crippen molar-refractivity contribution in [1.82, 2.24) is 5.32 Å². The molecule has 0 aliphatic rings. The minimum atomic E-state index is -4.27. The Labute approximate surface area is 117 Å². The molecular weight excluding hydrogens is 271 g/mol. The molecule has 0 aliphatic heterocycles. The molecule has 0 saturated carbocycles. The van der Waals surface area contributed by atoms with E-state index in [4.69, 9.17) is 9.47 Å². The van der Waals surface area contributed by atoms with Gasteiger partial charge in [-0.3, -0.25) is 0 Å². The molecule has 0 spiro atoms. The Hall–Kier alpha value is -1.27. The summed E-state index contributed by atoms with van der Waals surface area (Å²) in [6.45, 7) is -0.522. The summed E-state index contributed by atoms with van der Waals surface area (Å²) in [5.41, 5.74) is 1.04. The molecule has 3 nitrogen and oxygen atoms in total. The first kappa shape index (κ1) is 16.8. The largest absolute Gasteiger partial charge is 0.497 e. The first-order valence-corrected chi connectivity index (χ1v) is 6.36. The molecule has 1 atom stereocenters. The second-order valence-electron chi connectivity index (χ2n) is 4.61. The summed E-state index contributed by atoms with van der Waals surface area (Å²) in [5.74, 6) is 0.753. The highest BCUT2D eigenvalue weighted by Gasteiger charge is 2.27. The molecule has 1 rings (SSSR count). The molecule has 0 saturated heterocycles. The number of hydrogen-bond acceptors (Lipinski definition) is 3. The second-order valence-corrected chi connectivity index (χ2v) is 4.61. The van der Waals surface area contributed by atoms with Crippen LogP contribution >= 0.6 is 0 Å². The van der Waals surface area contributed by atoms with Crippen molar-refractivity contribution in [2.24, 2.45) is 5.92 Å². The smallest absolute Gasteiger partial charge is 0.411 e. The number of alkyl halides is 3. The van der Waals surface area contributed by atoms with E-state index in [1.165, 1.54) is 0 Å². The van der Waals surface area contributed by atoms with E-state index in [1.54, 1.807) is 14.2 Å². The molecular formula is C14H20F3NO2. The summed E-state index contributed by atoms with van der Waals surface area (Å²) in [4.78, 5) is 0. The third-order valence-corrected chi connectivity index (χ3v) is 2.80. The maximum atomic E-state index is 12.0. The highest BCUT2D eigenvalue weighted by atomic mass is 19.4. The molecule has 0 fully saturated rings. The summed E-state index contributed by atoms with van der Waals surface area (Å²) >= 11 is 0. The average Bonchev–Trinajstić information content (AvgIpc) is 2.38. The van der Waals surface area contributed by atoms with Gasteiger partial charge >= 0.3 is 6.18 Å². The summed E-state index contributed by atoms with van der Waals surface area (Å²) in [7, 11) is 3.36. The first-order valence-electron chi connectivity index (χ1n) is 6.36. The topological polar surface area (TPSA) is 30.5 Å². The molecule has 20 heavy (non-hydrogen) atoms. The lowest BCUT2D eigenvalue weighted by Gasteiger charge is -2.17. The van der Waals surface area contributed by atoms with Gasteiger partial charge in [0.25, 0.3) is 0 Å². The Kier molecular flexibility index (Phi) is 6.81. The number of nitrogens with one attached hydrogen (secondary N) is 1. The van der Waals surface area contributed by atoms with Gasteiger partial charge in [-0.15, -0.1) is 0 Å². The van der Waals surface area contributed by atoms with E-state index in [0.29, 0.717) is 13.0 Å². The average molecular weight is 291 g/mol. The van der Waals surface area contributed by atoms with Gasteiger partial charge in [0.1, 0.15) is 12.4 Å². The second kappa shape index (κ2) is 8.11. The maximum Gasteiger partial charge on any atom is 0.411 e. The Balaban J connectivity index is 2.48. The van der Waals surface area contributed by atoms with Gasteiger partial charge in [0.2, 0.25) is 0 Å². The van der Waals surface area contributed by atoms with Gasteiger partial charge in [-0.05, 0) is 37.1 Å². The van der Waals surface area contributed by atoms with Crippen molar-refractivity contribution in [2.45, 2.75) is 12.6 Å². The van der Waals surface area contributed by atoms with Crippen LogP contribution in [0.3, 0.4) is 0 Å². The van der Waals surface area contributed by atoms with Crippen LogP contribution in [0, 0.1) is 5.92 Å². The molecule has 1 unspecified atom stereocenters. The standard InChI is InChI=1S/C14H20F3NO2/c1-18-8-12(9-20-10-14(15,16)17)7-11-3-5-13(19-2)6-4-11/h3-6,12,18H,7-10H2,1-2H3. The van der Waals surface area contributed by atoms with E-state index in [9.17, 15) is 13.2 Å². The van der Waals surface area contributed by atoms with Crippen LogP contribution in [0.5, 0.6) is 5.75 Å². The molecule has 0 bridgehead atoms. The minimum Gasteiger partial charge on any atom is -0.497 e. The molecule has 0 aromatic heterocycles. The van der Waals surface area contributed by atoms with Crippen LogP contribution in [-0.2, 0) is 11.2 Å². The van der Waals surface area contributed by atoms with Gasteiger partial charge in [0.15, 0.2) is 0 Å². The Morgan fingerprint density at radius 2 is 1.85 bits per heavy atom. The molecule has 0 heterocycles. The van der Waals surface area contributed by atoms with Gasteiger partial charge in [-0.2, -0.15) is 13.2 Å². The zero-order chi connectivity index (χ0) is 15.0.